The van der Waals surface area contributed by atoms with Gasteiger partial charge < -0.3 is 15.2 Å². The van der Waals surface area contributed by atoms with Crippen molar-refractivity contribution in [3.8, 4) is 0 Å². The summed E-state index contributed by atoms with van der Waals surface area (Å²) >= 11 is 1.59. The van der Waals surface area contributed by atoms with Crippen LogP contribution in [0.2, 0.25) is 0 Å². The van der Waals surface area contributed by atoms with Crippen LogP contribution < -0.4 is 5.32 Å². The second kappa shape index (κ2) is 8.21. The number of hydrogen-bond donors (Lipinski definition) is 2. The molecule has 0 atom stereocenters. The lowest BCUT2D eigenvalue weighted by Gasteiger charge is -2.11. The number of ether oxygens (including phenoxy) is 1. The van der Waals surface area contributed by atoms with Gasteiger partial charge in [0.05, 0.1) is 18.7 Å². The van der Waals surface area contributed by atoms with Gasteiger partial charge in [-0.15, -0.1) is 11.8 Å². The van der Waals surface area contributed by atoms with Gasteiger partial charge in [0.15, 0.2) is 0 Å². The molecule has 1 aromatic heterocycles. The molecule has 108 valence electrons. The molecule has 0 saturated carbocycles. The quantitative estimate of drug-likeness (QED) is 0.576. The Morgan fingerprint density at radius 2 is 2.20 bits per heavy atom. The highest BCUT2D eigenvalue weighted by Gasteiger charge is 2.07. The molecule has 1 aromatic carbocycles. The van der Waals surface area contributed by atoms with Crippen LogP contribution in [0.15, 0.2) is 35.4 Å². The van der Waals surface area contributed by atoms with Crippen LogP contribution in [0.5, 0.6) is 0 Å². The number of fused-ring (bicyclic) bond motifs is 1. The van der Waals surface area contributed by atoms with Crippen LogP contribution in [0.3, 0.4) is 0 Å². The van der Waals surface area contributed by atoms with E-state index in [9.17, 15) is 0 Å². The largest absolute Gasteiger partial charge is 0.396 e. The van der Waals surface area contributed by atoms with Gasteiger partial charge >= 0.3 is 0 Å². The molecule has 0 saturated heterocycles. The molecule has 5 heteroatoms. The van der Waals surface area contributed by atoms with Crippen LogP contribution in [0.25, 0.3) is 10.9 Å². The zero-order valence-corrected chi connectivity index (χ0v) is 12.4. The maximum atomic E-state index is 9.00. The Labute approximate surface area is 123 Å². The second-order valence-corrected chi connectivity index (χ2v) is 5.47. The summed E-state index contributed by atoms with van der Waals surface area (Å²) in [5.74, 6) is 0.663. The van der Waals surface area contributed by atoms with Crippen molar-refractivity contribution in [1.29, 1.82) is 0 Å². The number of pyridine rings is 1. The number of rotatable bonds is 8. The molecule has 0 aliphatic carbocycles. The maximum absolute atomic E-state index is 9.00. The van der Waals surface area contributed by atoms with Crippen molar-refractivity contribution in [2.24, 2.45) is 0 Å². The summed E-state index contributed by atoms with van der Waals surface area (Å²) in [6, 6.07) is 10.3. The van der Waals surface area contributed by atoms with E-state index in [-0.39, 0.29) is 6.61 Å². The number of thioether (sulfide) groups is 1. The Morgan fingerprint density at radius 1 is 1.35 bits per heavy atom. The number of methoxy groups -OCH3 is 1. The SMILES string of the molecule is COCCNCc1cc2ccccc2nc1SCCO. The van der Waals surface area contributed by atoms with E-state index in [1.165, 1.54) is 5.56 Å². The molecule has 0 aliphatic heterocycles. The fourth-order valence-electron chi connectivity index (χ4n) is 1.93. The van der Waals surface area contributed by atoms with E-state index >= 15 is 0 Å². The van der Waals surface area contributed by atoms with Crippen molar-refractivity contribution in [1.82, 2.24) is 10.3 Å². The first-order valence-electron chi connectivity index (χ1n) is 6.67. The first-order valence-corrected chi connectivity index (χ1v) is 7.65. The average molecular weight is 292 g/mol. The van der Waals surface area contributed by atoms with Crippen LogP contribution in [0.1, 0.15) is 5.56 Å². The number of nitrogens with zero attached hydrogens (tertiary/aromatic N) is 1. The first-order chi connectivity index (χ1) is 9.85. The van der Waals surface area contributed by atoms with E-state index in [1.54, 1.807) is 18.9 Å². The fraction of sp³-hybridized carbons (Fsp3) is 0.400. The van der Waals surface area contributed by atoms with Crippen LogP contribution in [0.4, 0.5) is 0 Å². The molecule has 2 aromatic rings. The van der Waals surface area contributed by atoms with Crippen molar-refractivity contribution in [3.63, 3.8) is 0 Å². The molecule has 0 unspecified atom stereocenters. The summed E-state index contributed by atoms with van der Waals surface area (Å²) in [4.78, 5) is 4.69. The Balaban J connectivity index is 2.18. The molecular weight excluding hydrogens is 272 g/mol. The van der Waals surface area contributed by atoms with E-state index in [1.807, 2.05) is 18.2 Å². The molecule has 4 nitrogen and oxygen atoms in total. The van der Waals surface area contributed by atoms with E-state index in [2.05, 4.69) is 17.4 Å². The van der Waals surface area contributed by atoms with Gasteiger partial charge in [-0.25, -0.2) is 4.98 Å². The third-order valence-corrected chi connectivity index (χ3v) is 3.91. The minimum atomic E-state index is 0.162. The lowest BCUT2D eigenvalue weighted by atomic mass is 10.1. The number of aliphatic hydroxyl groups is 1. The Morgan fingerprint density at radius 3 is 3.00 bits per heavy atom. The molecule has 2 rings (SSSR count). The Hall–Kier alpha value is -1.14. The zero-order valence-electron chi connectivity index (χ0n) is 11.6. The molecule has 0 aliphatic rings. The van der Waals surface area contributed by atoms with Gasteiger partial charge in [0.1, 0.15) is 5.03 Å². The summed E-state index contributed by atoms with van der Waals surface area (Å²) in [6.45, 7) is 2.43. The summed E-state index contributed by atoms with van der Waals surface area (Å²) in [7, 11) is 1.70. The summed E-state index contributed by atoms with van der Waals surface area (Å²) in [5.41, 5.74) is 2.16. The lowest BCUT2D eigenvalue weighted by molar-refractivity contribution is 0.199. The molecule has 0 amide bonds. The number of benzene rings is 1. The van der Waals surface area contributed by atoms with Gasteiger partial charge in [0.2, 0.25) is 0 Å². The van der Waals surface area contributed by atoms with Gasteiger partial charge in [0.25, 0.3) is 0 Å². The molecule has 0 bridgehead atoms. The van der Waals surface area contributed by atoms with Crippen LogP contribution >= 0.6 is 11.8 Å². The van der Waals surface area contributed by atoms with Crippen molar-refractivity contribution in [3.05, 3.63) is 35.9 Å². The number of aromatic nitrogens is 1. The smallest absolute Gasteiger partial charge is 0.101 e. The first kappa shape index (κ1) is 15.3. The van der Waals surface area contributed by atoms with Gasteiger partial charge in [-0.2, -0.15) is 0 Å². The maximum Gasteiger partial charge on any atom is 0.101 e. The third kappa shape index (κ3) is 4.18. The monoisotopic (exact) mass is 292 g/mol. The highest BCUT2D eigenvalue weighted by Crippen LogP contribution is 2.24. The van der Waals surface area contributed by atoms with Crippen LogP contribution in [-0.4, -0.2) is 42.7 Å². The minimum absolute atomic E-state index is 0.162. The molecule has 0 fully saturated rings. The van der Waals surface area contributed by atoms with Crippen molar-refractivity contribution >= 4 is 22.7 Å². The van der Waals surface area contributed by atoms with Gasteiger partial charge in [-0.05, 0) is 17.7 Å². The highest BCUT2D eigenvalue weighted by molar-refractivity contribution is 7.99. The van der Waals surface area contributed by atoms with Crippen molar-refractivity contribution in [2.75, 3.05) is 32.6 Å². The molecule has 0 spiro atoms. The topological polar surface area (TPSA) is 54.4 Å². The van der Waals surface area contributed by atoms with Crippen LogP contribution in [0, 0.1) is 0 Å². The van der Waals surface area contributed by atoms with Gasteiger partial charge in [0, 0.05) is 31.3 Å². The van der Waals surface area contributed by atoms with Crippen molar-refractivity contribution < 1.29 is 9.84 Å². The average Bonchev–Trinajstić information content (AvgIpc) is 2.49. The summed E-state index contributed by atoms with van der Waals surface area (Å²) < 4.78 is 5.03. The van der Waals surface area contributed by atoms with Crippen molar-refractivity contribution in [2.45, 2.75) is 11.6 Å². The molecule has 0 radical (unpaired) electrons. The van der Waals surface area contributed by atoms with Crippen LogP contribution in [-0.2, 0) is 11.3 Å². The number of nitrogens with one attached hydrogen (secondary N) is 1. The van der Waals surface area contributed by atoms with Gasteiger partial charge in [-0.1, -0.05) is 18.2 Å². The fourth-order valence-corrected chi connectivity index (χ4v) is 2.70. The number of para-hydroxylation sites is 1. The minimum Gasteiger partial charge on any atom is -0.396 e. The lowest BCUT2D eigenvalue weighted by Crippen LogP contribution is -2.19. The van der Waals surface area contributed by atoms with E-state index < -0.39 is 0 Å². The second-order valence-electron chi connectivity index (χ2n) is 4.39. The molecular formula is C15H20N2O2S. The standard InChI is InChI=1S/C15H20N2O2S/c1-19-8-6-16-11-13-10-12-4-2-3-5-14(12)17-15(13)20-9-7-18/h2-5,10,16,18H,6-9,11H2,1H3. The summed E-state index contributed by atoms with van der Waals surface area (Å²) in [5, 5.41) is 14.5. The number of aliphatic hydroxyl groups excluding tert-OH is 1. The highest BCUT2D eigenvalue weighted by atomic mass is 32.2. The van der Waals surface area contributed by atoms with Gasteiger partial charge in [-0.3, -0.25) is 0 Å². The molecule has 2 N–H and O–H groups in total. The normalized spacial score (nSPS) is 11.1. The Kier molecular flexibility index (Phi) is 6.26. The Bertz CT molecular complexity index is 548. The predicted octanol–water partition coefficient (Wildman–Crippen LogP) is 2.06. The van der Waals surface area contributed by atoms with E-state index in [0.29, 0.717) is 12.4 Å². The van der Waals surface area contributed by atoms with E-state index in [4.69, 9.17) is 14.8 Å². The number of hydrogen-bond acceptors (Lipinski definition) is 5. The third-order valence-electron chi connectivity index (χ3n) is 2.89. The predicted molar refractivity (Wildman–Crippen MR) is 83.1 cm³/mol. The van der Waals surface area contributed by atoms with E-state index in [0.717, 1.165) is 29.0 Å². The molecule has 1 heterocycles. The molecule has 20 heavy (non-hydrogen) atoms. The zero-order chi connectivity index (χ0) is 14.2. The summed E-state index contributed by atoms with van der Waals surface area (Å²) in [6.07, 6.45) is 0.